The minimum atomic E-state index is 0.0524. The van der Waals surface area contributed by atoms with Crippen LogP contribution in [0.4, 0.5) is 11.6 Å². The number of hydrogen-bond donors (Lipinski definition) is 2. The van der Waals surface area contributed by atoms with Crippen molar-refractivity contribution in [3.8, 4) is 23.6 Å². The number of hydrogen-bond acceptors (Lipinski definition) is 8. The zero-order chi connectivity index (χ0) is 25.5. The maximum Gasteiger partial charge on any atom is 0.234 e. The molecule has 0 atom stereocenters. The second-order valence-corrected chi connectivity index (χ2v) is 9.45. The Morgan fingerprint density at radius 2 is 1.78 bits per heavy atom. The molecule has 0 aliphatic carbocycles. The standard InChI is InChI=1S/C28H32N8O/c1-2-11-34-12-10-29-27(37)21-36-15-13-35(14-16-36)19-22-4-3-5-24(17-22)32-28-30-9-8-26(33-28)23-6-7-25(20-34)31-18-23/h1,3-9,17-18H,10-16,19-21H2,(H,29,37)(H,30,32,33). The van der Waals surface area contributed by atoms with Crippen molar-refractivity contribution in [2.75, 3.05) is 57.7 Å². The van der Waals surface area contributed by atoms with Crippen LogP contribution >= 0.6 is 0 Å². The van der Waals surface area contributed by atoms with Gasteiger partial charge in [-0.15, -0.1) is 6.42 Å². The van der Waals surface area contributed by atoms with Crippen molar-refractivity contribution in [3.05, 3.63) is 66.1 Å². The predicted octanol–water partition coefficient (Wildman–Crippen LogP) is 1.96. The van der Waals surface area contributed by atoms with Gasteiger partial charge in [0, 0.05) is 76.0 Å². The lowest BCUT2D eigenvalue weighted by Crippen LogP contribution is -2.49. The van der Waals surface area contributed by atoms with Gasteiger partial charge >= 0.3 is 0 Å². The molecule has 190 valence electrons. The molecular formula is C28H32N8O. The van der Waals surface area contributed by atoms with E-state index in [2.05, 4.69) is 59.4 Å². The number of carbonyl (C=O) groups is 1. The van der Waals surface area contributed by atoms with Gasteiger partial charge in [0.2, 0.25) is 11.9 Å². The van der Waals surface area contributed by atoms with Crippen LogP contribution in [0.5, 0.6) is 0 Å². The van der Waals surface area contributed by atoms with Crippen LogP contribution in [-0.2, 0) is 17.9 Å². The molecule has 9 heteroatoms. The minimum Gasteiger partial charge on any atom is -0.354 e. The average Bonchev–Trinajstić information content (AvgIpc) is 2.90. The van der Waals surface area contributed by atoms with Crippen molar-refractivity contribution >= 4 is 17.5 Å². The molecule has 37 heavy (non-hydrogen) atoms. The number of nitrogens with zero attached hydrogens (tertiary/aromatic N) is 6. The second-order valence-electron chi connectivity index (χ2n) is 9.45. The average molecular weight is 497 g/mol. The molecule has 1 fully saturated rings. The number of anilines is 2. The Labute approximate surface area is 217 Å². The van der Waals surface area contributed by atoms with Crippen LogP contribution in [0.25, 0.3) is 11.3 Å². The lowest BCUT2D eigenvalue weighted by molar-refractivity contribution is -0.122. The smallest absolute Gasteiger partial charge is 0.234 e. The Bertz CT molecular complexity index is 1250. The van der Waals surface area contributed by atoms with Crippen LogP contribution in [0.3, 0.4) is 0 Å². The lowest BCUT2D eigenvalue weighted by Gasteiger charge is -2.34. The number of nitrogens with one attached hydrogen (secondary N) is 2. The molecule has 2 aromatic heterocycles. The van der Waals surface area contributed by atoms with Gasteiger partial charge in [-0.25, -0.2) is 9.97 Å². The first-order valence-electron chi connectivity index (χ1n) is 12.7. The van der Waals surface area contributed by atoms with Crippen molar-refractivity contribution in [3.63, 3.8) is 0 Å². The molecule has 1 aromatic carbocycles. The summed E-state index contributed by atoms with van der Waals surface area (Å²) in [4.78, 5) is 33.1. The van der Waals surface area contributed by atoms with Gasteiger partial charge < -0.3 is 10.6 Å². The number of piperazine rings is 1. The Kier molecular flexibility index (Phi) is 8.01. The van der Waals surface area contributed by atoms with E-state index < -0.39 is 0 Å². The van der Waals surface area contributed by atoms with E-state index >= 15 is 0 Å². The van der Waals surface area contributed by atoms with E-state index in [1.165, 1.54) is 5.56 Å². The Morgan fingerprint density at radius 3 is 2.57 bits per heavy atom. The number of amides is 1. The summed E-state index contributed by atoms with van der Waals surface area (Å²) in [7, 11) is 0. The predicted molar refractivity (Wildman–Crippen MR) is 144 cm³/mol. The molecule has 5 aliphatic rings. The molecule has 0 saturated carbocycles. The van der Waals surface area contributed by atoms with Gasteiger partial charge in [0.05, 0.1) is 24.5 Å². The van der Waals surface area contributed by atoms with Gasteiger partial charge in [0.25, 0.3) is 0 Å². The highest BCUT2D eigenvalue weighted by atomic mass is 16.2. The van der Waals surface area contributed by atoms with Gasteiger partial charge in [0.1, 0.15) is 0 Å². The molecule has 8 rings (SSSR count). The number of carbonyl (C=O) groups excluding carboxylic acids is 1. The van der Waals surface area contributed by atoms with E-state index in [0.717, 1.165) is 55.4 Å². The highest BCUT2D eigenvalue weighted by Crippen LogP contribution is 2.21. The van der Waals surface area contributed by atoms with E-state index in [0.29, 0.717) is 38.7 Å². The van der Waals surface area contributed by atoms with Crippen LogP contribution in [0.15, 0.2) is 54.9 Å². The van der Waals surface area contributed by atoms with E-state index in [-0.39, 0.29) is 5.91 Å². The third-order valence-electron chi connectivity index (χ3n) is 6.65. The van der Waals surface area contributed by atoms with Gasteiger partial charge in [-0.1, -0.05) is 18.1 Å². The molecule has 7 heterocycles. The summed E-state index contributed by atoms with van der Waals surface area (Å²) in [6, 6.07) is 14.2. The summed E-state index contributed by atoms with van der Waals surface area (Å²) < 4.78 is 0. The molecule has 2 N–H and O–H groups in total. The molecule has 1 amide bonds. The highest BCUT2D eigenvalue weighted by Gasteiger charge is 2.19. The molecular weight excluding hydrogens is 464 g/mol. The molecule has 1 saturated heterocycles. The van der Waals surface area contributed by atoms with Crippen LogP contribution in [0, 0.1) is 12.3 Å². The largest absolute Gasteiger partial charge is 0.354 e. The third kappa shape index (κ3) is 6.89. The van der Waals surface area contributed by atoms with Gasteiger partial charge in [-0.05, 0) is 35.9 Å². The first-order valence-corrected chi connectivity index (χ1v) is 12.7. The van der Waals surface area contributed by atoms with Gasteiger partial charge in [-0.3, -0.25) is 24.5 Å². The first kappa shape index (κ1) is 24.8. The highest BCUT2D eigenvalue weighted by molar-refractivity contribution is 5.78. The van der Waals surface area contributed by atoms with Crippen molar-refractivity contribution in [1.82, 2.24) is 35.0 Å². The monoisotopic (exact) mass is 496 g/mol. The summed E-state index contributed by atoms with van der Waals surface area (Å²) >= 11 is 0. The van der Waals surface area contributed by atoms with Crippen LogP contribution in [0.2, 0.25) is 0 Å². The molecule has 3 aromatic rings. The van der Waals surface area contributed by atoms with E-state index in [9.17, 15) is 4.79 Å². The Hall–Kier alpha value is -3.84. The first-order chi connectivity index (χ1) is 18.1. The van der Waals surface area contributed by atoms with E-state index in [1.807, 2.05) is 30.5 Å². The van der Waals surface area contributed by atoms with Crippen LogP contribution < -0.4 is 10.6 Å². The zero-order valence-electron chi connectivity index (χ0n) is 20.9. The number of benzene rings is 1. The summed E-state index contributed by atoms with van der Waals surface area (Å²) in [6.07, 6.45) is 9.18. The molecule has 9 nitrogen and oxygen atoms in total. The number of aromatic nitrogens is 3. The fourth-order valence-electron chi connectivity index (χ4n) is 4.67. The number of terminal acetylenes is 1. The van der Waals surface area contributed by atoms with Crippen molar-refractivity contribution in [2.45, 2.75) is 13.1 Å². The Morgan fingerprint density at radius 1 is 0.946 bits per heavy atom. The van der Waals surface area contributed by atoms with Gasteiger partial charge in [0.15, 0.2) is 0 Å². The maximum atomic E-state index is 12.5. The van der Waals surface area contributed by atoms with Crippen molar-refractivity contribution < 1.29 is 4.79 Å². The van der Waals surface area contributed by atoms with Gasteiger partial charge in [-0.2, -0.15) is 0 Å². The number of pyridine rings is 1. The SMILES string of the molecule is C#CCN1CCNC(=O)CN2CCN(CC2)Cc2cccc(c2)Nc2nccc(n2)-c2ccc(nc2)C1. The minimum absolute atomic E-state index is 0.0524. The van der Waals surface area contributed by atoms with Crippen LogP contribution in [0.1, 0.15) is 11.3 Å². The molecule has 8 bridgehead atoms. The summed E-state index contributed by atoms with van der Waals surface area (Å²) in [5.74, 6) is 3.31. The summed E-state index contributed by atoms with van der Waals surface area (Å²) in [6.45, 7) is 7.18. The van der Waals surface area contributed by atoms with E-state index in [1.54, 1.807) is 6.20 Å². The molecule has 0 radical (unpaired) electrons. The summed E-state index contributed by atoms with van der Waals surface area (Å²) in [5.41, 5.74) is 4.79. The van der Waals surface area contributed by atoms with E-state index in [4.69, 9.17) is 11.4 Å². The second kappa shape index (κ2) is 11.9. The normalized spacial score (nSPS) is 21.0. The summed E-state index contributed by atoms with van der Waals surface area (Å²) in [5, 5.41) is 6.40. The fraction of sp³-hybridized carbons (Fsp3) is 0.357. The third-order valence-corrected chi connectivity index (χ3v) is 6.65. The molecule has 0 unspecified atom stereocenters. The molecule has 0 spiro atoms. The quantitative estimate of drug-likeness (QED) is 0.495. The Balaban J connectivity index is 1.38. The topological polar surface area (TPSA) is 89.5 Å². The van der Waals surface area contributed by atoms with Crippen LogP contribution in [-0.4, -0.2) is 87.9 Å². The zero-order valence-corrected chi connectivity index (χ0v) is 20.9. The van der Waals surface area contributed by atoms with Crippen molar-refractivity contribution in [2.24, 2.45) is 0 Å². The fourth-order valence-corrected chi connectivity index (χ4v) is 4.67. The van der Waals surface area contributed by atoms with Crippen molar-refractivity contribution in [1.29, 1.82) is 0 Å². The molecule has 5 aliphatic heterocycles. The number of rotatable bonds is 1. The lowest BCUT2D eigenvalue weighted by atomic mass is 10.1. The maximum absolute atomic E-state index is 12.5.